The van der Waals surface area contributed by atoms with Crippen LogP contribution < -0.4 is 5.32 Å². The maximum Gasteiger partial charge on any atom is 0.240 e. The van der Waals surface area contributed by atoms with E-state index >= 15 is 0 Å². The molecular formula is C12H10ClN5O. The highest BCUT2D eigenvalue weighted by Gasteiger charge is 2.07. The molecule has 0 radical (unpaired) electrons. The third-order valence-electron chi connectivity index (χ3n) is 2.41. The summed E-state index contributed by atoms with van der Waals surface area (Å²) < 4.78 is 1.38. The Morgan fingerprint density at radius 2 is 2.37 bits per heavy atom. The normalized spacial score (nSPS) is 9.89. The first kappa shape index (κ1) is 13.1. The van der Waals surface area contributed by atoms with Gasteiger partial charge in [0.2, 0.25) is 11.7 Å². The highest BCUT2D eigenvalue weighted by atomic mass is 35.5. The molecule has 0 bridgehead atoms. The van der Waals surface area contributed by atoms with E-state index in [2.05, 4.69) is 15.5 Å². The molecule has 0 aliphatic heterocycles. The van der Waals surface area contributed by atoms with Crippen molar-refractivity contribution in [2.24, 2.45) is 0 Å². The van der Waals surface area contributed by atoms with E-state index in [1.165, 1.54) is 10.9 Å². The number of hydrogen-bond donors (Lipinski definition) is 1. The van der Waals surface area contributed by atoms with Gasteiger partial charge in [-0.1, -0.05) is 23.7 Å². The number of nitrogens with zero attached hydrogens (tertiary/aromatic N) is 4. The van der Waals surface area contributed by atoms with E-state index in [4.69, 9.17) is 16.9 Å². The number of rotatable bonds is 4. The second-order valence-electron chi connectivity index (χ2n) is 3.80. The van der Waals surface area contributed by atoms with E-state index in [1.807, 2.05) is 18.2 Å². The van der Waals surface area contributed by atoms with E-state index in [9.17, 15) is 4.79 Å². The summed E-state index contributed by atoms with van der Waals surface area (Å²) in [6.45, 7) is 0.389. The zero-order chi connectivity index (χ0) is 13.7. The Morgan fingerprint density at radius 3 is 3.11 bits per heavy atom. The second kappa shape index (κ2) is 5.98. The van der Waals surface area contributed by atoms with Crippen molar-refractivity contribution in [3.8, 4) is 6.07 Å². The number of carbonyl (C=O) groups excluding carboxylic acids is 1. The molecule has 0 unspecified atom stereocenters. The van der Waals surface area contributed by atoms with Crippen LogP contribution in [0.3, 0.4) is 0 Å². The van der Waals surface area contributed by atoms with Crippen LogP contribution in [0.4, 0.5) is 0 Å². The Labute approximate surface area is 114 Å². The molecule has 1 aromatic heterocycles. The molecular weight excluding hydrogens is 266 g/mol. The maximum absolute atomic E-state index is 11.7. The number of halogens is 1. The molecule has 1 aromatic carbocycles. The Bertz CT molecular complexity index is 631. The largest absolute Gasteiger partial charge is 0.350 e. The van der Waals surface area contributed by atoms with E-state index in [-0.39, 0.29) is 18.3 Å². The SMILES string of the molecule is N#Cc1nncn1CC(=O)NCc1cccc(Cl)c1. The molecule has 0 fully saturated rings. The summed E-state index contributed by atoms with van der Waals surface area (Å²) in [4.78, 5) is 11.7. The van der Waals surface area contributed by atoms with Gasteiger partial charge in [-0.05, 0) is 17.7 Å². The van der Waals surface area contributed by atoms with Crippen molar-refractivity contribution in [1.82, 2.24) is 20.1 Å². The molecule has 0 spiro atoms. The van der Waals surface area contributed by atoms with E-state index < -0.39 is 0 Å². The van der Waals surface area contributed by atoms with Crippen LogP contribution >= 0.6 is 11.6 Å². The zero-order valence-electron chi connectivity index (χ0n) is 9.88. The first-order chi connectivity index (χ1) is 9.19. The van der Waals surface area contributed by atoms with Gasteiger partial charge in [0.15, 0.2) is 0 Å². The van der Waals surface area contributed by atoms with Gasteiger partial charge in [0, 0.05) is 11.6 Å². The van der Waals surface area contributed by atoms with Crippen LogP contribution in [0.25, 0.3) is 0 Å². The number of hydrogen-bond acceptors (Lipinski definition) is 4. The van der Waals surface area contributed by atoms with Crippen molar-refractivity contribution < 1.29 is 4.79 Å². The molecule has 96 valence electrons. The lowest BCUT2D eigenvalue weighted by Crippen LogP contribution is -2.27. The molecule has 7 heteroatoms. The maximum atomic E-state index is 11.7. The summed E-state index contributed by atoms with van der Waals surface area (Å²) in [6, 6.07) is 9.08. The van der Waals surface area contributed by atoms with Crippen LogP contribution in [0.1, 0.15) is 11.4 Å². The fourth-order valence-electron chi connectivity index (χ4n) is 1.52. The summed E-state index contributed by atoms with van der Waals surface area (Å²) >= 11 is 5.85. The summed E-state index contributed by atoms with van der Waals surface area (Å²) in [5.74, 6) is -0.116. The molecule has 1 N–H and O–H groups in total. The topological polar surface area (TPSA) is 83.6 Å². The highest BCUT2D eigenvalue weighted by Crippen LogP contribution is 2.10. The molecule has 0 aliphatic rings. The molecule has 0 saturated heterocycles. The molecule has 2 aromatic rings. The molecule has 0 atom stereocenters. The lowest BCUT2D eigenvalue weighted by molar-refractivity contribution is -0.121. The molecule has 6 nitrogen and oxygen atoms in total. The summed E-state index contributed by atoms with van der Waals surface area (Å²) in [5.41, 5.74) is 0.908. The number of nitrogens with one attached hydrogen (secondary N) is 1. The van der Waals surface area contributed by atoms with Crippen molar-refractivity contribution in [3.05, 3.63) is 47.0 Å². The molecule has 2 rings (SSSR count). The second-order valence-corrected chi connectivity index (χ2v) is 4.24. The minimum atomic E-state index is -0.226. The Balaban J connectivity index is 1.91. The average molecular weight is 276 g/mol. The van der Waals surface area contributed by atoms with Crippen LogP contribution in [0, 0.1) is 11.3 Å². The Hall–Kier alpha value is -2.39. The Kier molecular flexibility index (Phi) is 4.11. The number of nitriles is 1. The minimum absolute atomic E-state index is 0.0104. The fourth-order valence-corrected chi connectivity index (χ4v) is 1.73. The van der Waals surface area contributed by atoms with Gasteiger partial charge in [0.05, 0.1) is 0 Å². The van der Waals surface area contributed by atoms with E-state index in [0.29, 0.717) is 11.6 Å². The first-order valence-corrected chi connectivity index (χ1v) is 5.86. The standard InChI is InChI=1S/C12H10ClN5O/c13-10-3-1-2-9(4-10)6-15-12(19)7-18-8-16-17-11(18)5-14/h1-4,8H,6-7H2,(H,15,19). The predicted octanol–water partition coefficient (Wildman–Crippen LogP) is 1.12. The fraction of sp³-hybridized carbons (Fsp3) is 0.167. The summed E-state index contributed by atoms with van der Waals surface area (Å²) in [5, 5.41) is 19.2. The van der Waals surface area contributed by atoms with Crippen molar-refractivity contribution in [1.29, 1.82) is 5.26 Å². The lowest BCUT2D eigenvalue weighted by atomic mass is 10.2. The van der Waals surface area contributed by atoms with Gasteiger partial charge in [-0.25, -0.2) is 0 Å². The lowest BCUT2D eigenvalue weighted by Gasteiger charge is -2.06. The third-order valence-corrected chi connectivity index (χ3v) is 2.64. The van der Waals surface area contributed by atoms with Crippen molar-refractivity contribution in [2.75, 3.05) is 0 Å². The summed E-state index contributed by atoms with van der Waals surface area (Å²) in [7, 11) is 0. The van der Waals surface area contributed by atoms with Crippen LogP contribution in [0.2, 0.25) is 5.02 Å². The smallest absolute Gasteiger partial charge is 0.240 e. The number of benzene rings is 1. The molecule has 19 heavy (non-hydrogen) atoms. The Morgan fingerprint density at radius 1 is 1.53 bits per heavy atom. The third kappa shape index (κ3) is 3.53. The molecule has 0 aliphatic carbocycles. The van der Waals surface area contributed by atoms with Crippen molar-refractivity contribution in [3.63, 3.8) is 0 Å². The first-order valence-electron chi connectivity index (χ1n) is 5.48. The summed E-state index contributed by atoms with van der Waals surface area (Å²) in [6.07, 6.45) is 1.34. The quantitative estimate of drug-likeness (QED) is 0.906. The van der Waals surface area contributed by atoms with Crippen LogP contribution in [-0.2, 0) is 17.9 Å². The molecule has 1 heterocycles. The van der Waals surface area contributed by atoms with Gasteiger partial charge in [0.1, 0.15) is 18.9 Å². The van der Waals surface area contributed by atoms with Gasteiger partial charge in [-0.3, -0.25) is 9.36 Å². The van der Waals surface area contributed by atoms with Gasteiger partial charge in [-0.2, -0.15) is 5.26 Å². The van der Waals surface area contributed by atoms with E-state index in [0.717, 1.165) is 5.56 Å². The number of aromatic nitrogens is 3. The van der Waals surface area contributed by atoms with Gasteiger partial charge in [0.25, 0.3) is 0 Å². The monoisotopic (exact) mass is 275 g/mol. The van der Waals surface area contributed by atoms with Crippen LogP contribution in [0.15, 0.2) is 30.6 Å². The van der Waals surface area contributed by atoms with Gasteiger partial charge in [-0.15, -0.1) is 10.2 Å². The van der Waals surface area contributed by atoms with Crippen molar-refractivity contribution in [2.45, 2.75) is 13.1 Å². The molecule has 0 saturated carbocycles. The number of carbonyl (C=O) groups is 1. The molecule has 1 amide bonds. The zero-order valence-corrected chi connectivity index (χ0v) is 10.6. The van der Waals surface area contributed by atoms with E-state index in [1.54, 1.807) is 12.1 Å². The van der Waals surface area contributed by atoms with Crippen molar-refractivity contribution >= 4 is 17.5 Å². The minimum Gasteiger partial charge on any atom is -0.350 e. The van der Waals surface area contributed by atoms with Gasteiger partial charge < -0.3 is 5.32 Å². The predicted molar refractivity (Wildman–Crippen MR) is 68.0 cm³/mol. The average Bonchev–Trinajstić information content (AvgIpc) is 2.84. The van der Waals surface area contributed by atoms with Crippen LogP contribution in [-0.4, -0.2) is 20.7 Å². The van der Waals surface area contributed by atoms with Crippen LogP contribution in [0.5, 0.6) is 0 Å². The highest BCUT2D eigenvalue weighted by molar-refractivity contribution is 6.30. The van der Waals surface area contributed by atoms with Gasteiger partial charge >= 0.3 is 0 Å². The number of amides is 1.